The summed E-state index contributed by atoms with van der Waals surface area (Å²) in [5, 5.41) is 0.514. The van der Waals surface area contributed by atoms with Crippen molar-refractivity contribution in [2.24, 2.45) is 5.92 Å². The number of hydrogen-bond donors (Lipinski definition) is 1. The Morgan fingerprint density at radius 3 is 2.76 bits per heavy atom. The number of benzene rings is 1. The lowest BCUT2D eigenvalue weighted by Gasteiger charge is -2.10. The van der Waals surface area contributed by atoms with Crippen LogP contribution in [-0.2, 0) is 11.3 Å². The first-order valence-electron chi connectivity index (χ1n) is 6.79. The molecule has 1 N–H and O–H groups in total. The molecule has 2 rings (SSSR count). The summed E-state index contributed by atoms with van der Waals surface area (Å²) in [6, 6.07) is 4.80. The summed E-state index contributed by atoms with van der Waals surface area (Å²) in [6.45, 7) is 4.78. The standard InChI is InChI=1S/C15H18N2O3S/c1-9(2)6-7-17-13(18)11-5-4-10(14(19)20-3)8-12(11)16-15(17)21/h4-5,8-9H,6-7H2,1-3H3,(H,16,21). The van der Waals surface area contributed by atoms with Crippen molar-refractivity contribution in [3.05, 3.63) is 38.9 Å². The van der Waals surface area contributed by atoms with Gasteiger partial charge in [-0.05, 0) is 42.8 Å². The average Bonchev–Trinajstić information content (AvgIpc) is 2.45. The number of carbonyl (C=O) groups excluding carboxylic acids is 1. The molecule has 1 heterocycles. The predicted molar refractivity (Wildman–Crippen MR) is 84.2 cm³/mol. The van der Waals surface area contributed by atoms with Gasteiger partial charge in [0.15, 0.2) is 4.77 Å². The lowest BCUT2D eigenvalue weighted by molar-refractivity contribution is 0.0601. The molecular weight excluding hydrogens is 288 g/mol. The molecular formula is C15H18N2O3S. The molecule has 1 aromatic heterocycles. The highest BCUT2D eigenvalue weighted by Gasteiger charge is 2.10. The van der Waals surface area contributed by atoms with E-state index in [9.17, 15) is 9.59 Å². The largest absolute Gasteiger partial charge is 0.465 e. The number of nitrogens with one attached hydrogen (secondary N) is 1. The minimum atomic E-state index is -0.444. The summed E-state index contributed by atoms with van der Waals surface area (Å²) in [5.41, 5.74) is 0.800. The summed E-state index contributed by atoms with van der Waals surface area (Å²) < 4.78 is 6.61. The molecule has 5 nitrogen and oxygen atoms in total. The van der Waals surface area contributed by atoms with E-state index in [2.05, 4.69) is 23.6 Å². The van der Waals surface area contributed by atoms with Gasteiger partial charge in [-0.3, -0.25) is 9.36 Å². The molecule has 0 aliphatic heterocycles. The number of H-pyrrole nitrogens is 1. The van der Waals surface area contributed by atoms with E-state index in [1.807, 2.05) is 0 Å². The van der Waals surface area contributed by atoms with Crippen LogP contribution in [-0.4, -0.2) is 22.6 Å². The van der Waals surface area contributed by atoms with Crippen LogP contribution in [0.2, 0.25) is 0 Å². The maximum Gasteiger partial charge on any atom is 0.337 e. The average molecular weight is 306 g/mol. The van der Waals surface area contributed by atoms with E-state index in [0.29, 0.717) is 33.7 Å². The highest BCUT2D eigenvalue weighted by atomic mass is 32.1. The number of rotatable bonds is 4. The van der Waals surface area contributed by atoms with Crippen LogP contribution in [0.5, 0.6) is 0 Å². The van der Waals surface area contributed by atoms with Crippen molar-refractivity contribution in [3.63, 3.8) is 0 Å². The van der Waals surface area contributed by atoms with Crippen molar-refractivity contribution in [3.8, 4) is 0 Å². The van der Waals surface area contributed by atoms with E-state index in [0.717, 1.165) is 6.42 Å². The first-order valence-corrected chi connectivity index (χ1v) is 7.20. The van der Waals surface area contributed by atoms with Crippen LogP contribution in [0.1, 0.15) is 30.6 Å². The predicted octanol–water partition coefficient (Wildman–Crippen LogP) is 2.89. The highest BCUT2D eigenvalue weighted by Crippen LogP contribution is 2.12. The van der Waals surface area contributed by atoms with Crippen LogP contribution in [0.4, 0.5) is 0 Å². The maximum absolute atomic E-state index is 12.5. The van der Waals surface area contributed by atoms with Crippen molar-refractivity contribution in [1.29, 1.82) is 0 Å². The minimum Gasteiger partial charge on any atom is -0.465 e. The van der Waals surface area contributed by atoms with Crippen LogP contribution in [0, 0.1) is 10.7 Å². The van der Waals surface area contributed by atoms with E-state index < -0.39 is 5.97 Å². The molecule has 0 aliphatic carbocycles. The van der Waals surface area contributed by atoms with E-state index in [4.69, 9.17) is 12.2 Å². The monoisotopic (exact) mass is 306 g/mol. The summed E-state index contributed by atoms with van der Waals surface area (Å²) in [6.07, 6.45) is 0.878. The lowest BCUT2D eigenvalue weighted by atomic mass is 10.1. The summed E-state index contributed by atoms with van der Waals surface area (Å²) in [7, 11) is 1.32. The Balaban J connectivity index is 2.55. The maximum atomic E-state index is 12.5. The van der Waals surface area contributed by atoms with Crippen LogP contribution in [0.15, 0.2) is 23.0 Å². The number of ether oxygens (including phenoxy) is 1. The molecule has 112 valence electrons. The number of methoxy groups -OCH3 is 1. The van der Waals surface area contributed by atoms with Crippen molar-refractivity contribution in [2.45, 2.75) is 26.8 Å². The van der Waals surface area contributed by atoms with Gasteiger partial charge in [0.25, 0.3) is 5.56 Å². The molecule has 21 heavy (non-hydrogen) atoms. The van der Waals surface area contributed by atoms with Gasteiger partial charge in [-0.2, -0.15) is 0 Å². The first kappa shape index (κ1) is 15.4. The smallest absolute Gasteiger partial charge is 0.337 e. The van der Waals surface area contributed by atoms with Crippen LogP contribution < -0.4 is 5.56 Å². The van der Waals surface area contributed by atoms with Gasteiger partial charge in [0.05, 0.1) is 23.6 Å². The second kappa shape index (κ2) is 6.22. The van der Waals surface area contributed by atoms with Crippen molar-refractivity contribution in [1.82, 2.24) is 9.55 Å². The van der Waals surface area contributed by atoms with Gasteiger partial charge in [-0.15, -0.1) is 0 Å². The van der Waals surface area contributed by atoms with Crippen molar-refractivity contribution >= 4 is 29.1 Å². The number of carbonyl (C=O) groups is 1. The molecule has 0 spiro atoms. The number of esters is 1. The van der Waals surface area contributed by atoms with E-state index in [1.54, 1.807) is 22.8 Å². The topological polar surface area (TPSA) is 64.1 Å². The van der Waals surface area contributed by atoms with Crippen molar-refractivity contribution in [2.75, 3.05) is 7.11 Å². The van der Waals surface area contributed by atoms with Gasteiger partial charge in [-0.25, -0.2) is 4.79 Å². The quantitative estimate of drug-likeness (QED) is 0.697. The summed E-state index contributed by atoms with van der Waals surface area (Å²) >= 11 is 5.25. The highest BCUT2D eigenvalue weighted by molar-refractivity contribution is 7.71. The zero-order chi connectivity index (χ0) is 15.6. The Morgan fingerprint density at radius 1 is 1.43 bits per heavy atom. The molecule has 0 unspecified atom stereocenters. The first-order chi connectivity index (χ1) is 9.93. The number of nitrogens with zero attached hydrogens (tertiary/aromatic N) is 1. The zero-order valence-electron chi connectivity index (χ0n) is 12.3. The SMILES string of the molecule is COC(=O)c1ccc2c(=O)n(CCC(C)C)c(=S)[nH]c2c1. The van der Waals surface area contributed by atoms with E-state index in [-0.39, 0.29) is 5.56 Å². The molecule has 1 aromatic carbocycles. The third-order valence-corrected chi connectivity index (χ3v) is 3.66. The van der Waals surface area contributed by atoms with E-state index in [1.165, 1.54) is 7.11 Å². The molecule has 2 aromatic rings. The van der Waals surface area contributed by atoms with Gasteiger partial charge in [0.1, 0.15) is 0 Å². The van der Waals surface area contributed by atoms with E-state index >= 15 is 0 Å². The molecule has 0 bridgehead atoms. The number of fused-ring (bicyclic) bond motifs is 1. The Kier molecular flexibility index (Phi) is 4.57. The summed E-state index contributed by atoms with van der Waals surface area (Å²) in [5.74, 6) is 0.0453. The molecule has 0 saturated carbocycles. The molecule has 0 fully saturated rings. The Morgan fingerprint density at radius 2 is 2.14 bits per heavy atom. The van der Waals surface area contributed by atoms with Gasteiger partial charge < -0.3 is 9.72 Å². The van der Waals surface area contributed by atoms with Crippen LogP contribution in [0.25, 0.3) is 10.9 Å². The minimum absolute atomic E-state index is 0.134. The molecule has 0 radical (unpaired) electrons. The Labute approximate surface area is 127 Å². The Bertz CT molecular complexity index is 790. The fourth-order valence-corrected chi connectivity index (χ4v) is 2.37. The van der Waals surface area contributed by atoms with Crippen LogP contribution >= 0.6 is 12.2 Å². The van der Waals surface area contributed by atoms with Crippen molar-refractivity contribution < 1.29 is 9.53 Å². The molecule has 0 saturated heterocycles. The molecule has 0 amide bonds. The molecule has 0 aliphatic rings. The number of aromatic amines is 1. The Hall–Kier alpha value is -1.95. The fraction of sp³-hybridized carbons (Fsp3) is 0.400. The number of hydrogen-bond acceptors (Lipinski definition) is 4. The fourth-order valence-electron chi connectivity index (χ4n) is 2.09. The second-order valence-corrected chi connectivity index (χ2v) is 5.71. The third kappa shape index (κ3) is 3.21. The lowest BCUT2D eigenvalue weighted by Crippen LogP contribution is -2.23. The van der Waals surface area contributed by atoms with Gasteiger partial charge >= 0.3 is 5.97 Å². The normalized spacial score (nSPS) is 11.0. The number of aromatic nitrogens is 2. The molecule has 0 atom stereocenters. The second-order valence-electron chi connectivity index (χ2n) is 5.32. The van der Waals surface area contributed by atoms with Gasteiger partial charge in [0.2, 0.25) is 0 Å². The van der Waals surface area contributed by atoms with Crippen LogP contribution in [0.3, 0.4) is 0 Å². The zero-order valence-corrected chi connectivity index (χ0v) is 13.1. The third-order valence-electron chi connectivity index (χ3n) is 3.33. The molecule has 6 heteroatoms. The summed E-state index contributed by atoms with van der Waals surface area (Å²) in [4.78, 5) is 27.0. The van der Waals surface area contributed by atoms with Gasteiger partial charge in [0, 0.05) is 6.54 Å². The van der Waals surface area contributed by atoms with Gasteiger partial charge in [-0.1, -0.05) is 13.8 Å².